The Bertz CT molecular complexity index is 513. The molecule has 2 rings (SSSR count). The summed E-state index contributed by atoms with van der Waals surface area (Å²) in [6, 6.07) is 4.06. The molecule has 1 aliphatic rings. The molecule has 0 aromatic heterocycles. The van der Waals surface area contributed by atoms with E-state index in [2.05, 4.69) is 24.1 Å². The standard InChI is InChI=1S/C15H21Cl2N3O/c1-3-11-5-4-9(2)20(11)8-14(21)19-15-12(17)6-10(16)7-13(15)18/h6-7,9,11H,3-5,8,18H2,1-2H3,(H,19,21). The van der Waals surface area contributed by atoms with Gasteiger partial charge in [0.25, 0.3) is 0 Å². The van der Waals surface area contributed by atoms with E-state index >= 15 is 0 Å². The summed E-state index contributed by atoms with van der Waals surface area (Å²) in [7, 11) is 0. The summed E-state index contributed by atoms with van der Waals surface area (Å²) in [5, 5.41) is 3.61. The molecule has 3 N–H and O–H groups in total. The van der Waals surface area contributed by atoms with Crippen LogP contribution in [0.15, 0.2) is 12.1 Å². The maximum absolute atomic E-state index is 12.3. The zero-order valence-electron chi connectivity index (χ0n) is 12.3. The van der Waals surface area contributed by atoms with Crippen LogP contribution >= 0.6 is 23.2 Å². The van der Waals surface area contributed by atoms with Crippen LogP contribution in [-0.2, 0) is 4.79 Å². The molecule has 1 heterocycles. The van der Waals surface area contributed by atoms with E-state index in [9.17, 15) is 4.79 Å². The van der Waals surface area contributed by atoms with Crippen molar-refractivity contribution in [3.8, 4) is 0 Å². The van der Waals surface area contributed by atoms with Gasteiger partial charge in [-0.05, 0) is 38.3 Å². The molecule has 6 heteroatoms. The van der Waals surface area contributed by atoms with Gasteiger partial charge in [0.15, 0.2) is 0 Å². The van der Waals surface area contributed by atoms with E-state index in [-0.39, 0.29) is 5.91 Å². The summed E-state index contributed by atoms with van der Waals surface area (Å²) >= 11 is 12.0. The van der Waals surface area contributed by atoms with Crippen LogP contribution in [0.4, 0.5) is 11.4 Å². The van der Waals surface area contributed by atoms with Gasteiger partial charge in [-0.3, -0.25) is 9.69 Å². The first-order valence-corrected chi connectivity index (χ1v) is 7.98. The van der Waals surface area contributed by atoms with Crippen LogP contribution < -0.4 is 11.1 Å². The van der Waals surface area contributed by atoms with Gasteiger partial charge in [-0.15, -0.1) is 0 Å². The first-order chi connectivity index (χ1) is 9.92. The smallest absolute Gasteiger partial charge is 0.238 e. The molecule has 1 saturated heterocycles. The maximum atomic E-state index is 12.3. The van der Waals surface area contributed by atoms with Crippen LogP contribution in [0.2, 0.25) is 10.0 Å². The van der Waals surface area contributed by atoms with Crippen LogP contribution in [0.25, 0.3) is 0 Å². The highest BCUT2D eigenvalue weighted by Crippen LogP contribution is 2.32. The lowest BCUT2D eigenvalue weighted by molar-refractivity contribution is -0.118. The van der Waals surface area contributed by atoms with Gasteiger partial charge in [0, 0.05) is 17.1 Å². The highest BCUT2D eigenvalue weighted by molar-refractivity contribution is 6.37. The van der Waals surface area contributed by atoms with Crippen molar-refractivity contribution in [3.63, 3.8) is 0 Å². The van der Waals surface area contributed by atoms with Crippen molar-refractivity contribution in [2.24, 2.45) is 0 Å². The molecule has 2 atom stereocenters. The molecule has 4 nitrogen and oxygen atoms in total. The quantitative estimate of drug-likeness (QED) is 0.826. The Morgan fingerprint density at radius 1 is 1.43 bits per heavy atom. The summed E-state index contributed by atoms with van der Waals surface area (Å²) < 4.78 is 0. The number of amides is 1. The highest BCUT2D eigenvalue weighted by Gasteiger charge is 2.30. The zero-order chi connectivity index (χ0) is 15.6. The third kappa shape index (κ3) is 3.82. The number of nitrogens with two attached hydrogens (primary N) is 1. The summed E-state index contributed by atoms with van der Waals surface area (Å²) in [5.74, 6) is -0.0990. The fourth-order valence-corrected chi connectivity index (χ4v) is 3.48. The van der Waals surface area contributed by atoms with Gasteiger partial charge in [-0.25, -0.2) is 0 Å². The number of carbonyl (C=O) groups excluding carboxylic acids is 1. The molecule has 1 aliphatic heterocycles. The Morgan fingerprint density at radius 3 is 2.76 bits per heavy atom. The fourth-order valence-electron chi connectivity index (χ4n) is 2.92. The minimum absolute atomic E-state index is 0.0990. The second-order valence-corrected chi connectivity index (χ2v) is 6.40. The van der Waals surface area contributed by atoms with Crippen molar-refractivity contribution in [2.45, 2.75) is 45.2 Å². The molecule has 1 aromatic rings. The Morgan fingerprint density at radius 2 is 2.14 bits per heavy atom. The van der Waals surface area contributed by atoms with Crippen LogP contribution in [-0.4, -0.2) is 29.4 Å². The lowest BCUT2D eigenvalue weighted by Gasteiger charge is -2.27. The lowest BCUT2D eigenvalue weighted by atomic mass is 10.1. The molecule has 2 unspecified atom stereocenters. The third-order valence-corrected chi connectivity index (χ3v) is 4.62. The molecule has 21 heavy (non-hydrogen) atoms. The van der Waals surface area contributed by atoms with E-state index in [1.54, 1.807) is 12.1 Å². The summed E-state index contributed by atoms with van der Waals surface area (Å²) in [6.45, 7) is 4.67. The number of nitrogens with zero attached hydrogens (tertiary/aromatic N) is 1. The molecule has 116 valence electrons. The van der Waals surface area contributed by atoms with E-state index in [1.165, 1.54) is 0 Å². The van der Waals surface area contributed by atoms with Gasteiger partial charge >= 0.3 is 0 Å². The minimum atomic E-state index is -0.0990. The predicted molar refractivity (Wildman–Crippen MR) is 89.0 cm³/mol. The molecular formula is C15H21Cl2N3O. The van der Waals surface area contributed by atoms with Crippen molar-refractivity contribution < 1.29 is 4.79 Å². The summed E-state index contributed by atoms with van der Waals surface area (Å²) in [4.78, 5) is 14.5. The number of anilines is 2. The van der Waals surface area contributed by atoms with Crippen LogP contribution in [0.1, 0.15) is 33.1 Å². The second kappa shape index (κ2) is 6.86. The molecule has 1 aromatic carbocycles. The molecule has 0 spiro atoms. The summed E-state index contributed by atoms with van der Waals surface area (Å²) in [6.07, 6.45) is 3.34. The van der Waals surface area contributed by atoms with Crippen molar-refractivity contribution in [1.82, 2.24) is 4.90 Å². The molecule has 0 aliphatic carbocycles. The largest absolute Gasteiger partial charge is 0.397 e. The molecular weight excluding hydrogens is 309 g/mol. The van der Waals surface area contributed by atoms with Gasteiger partial charge < -0.3 is 11.1 Å². The monoisotopic (exact) mass is 329 g/mol. The minimum Gasteiger partial charge on any atom is -0.397 e. The first kappa shape index (κ1) is 16.4. The lowest BCUT2D eigenvalue weighted by Crippen LogP contribution is -2.40. The average Bonchev–Trinajstić information content (AvgIpc) is 2.75. The molecule has 0 radical (unpaired) electrons. The van der Waals surface area contributed by atoms with Crippen molar-refractivity contribution in [3.05, 3.63) is 22.2 Å². The number of likely N-dealkylation sites (tertiary alicyclic amines) is 1. The van der Waals surface area contributed by atoms with Crippen LogP contribution in [0.3, 0.4) is 0 Å². The number of rotatable bonds is 4. The number of nitrogens with one attached hydrogen (secondary N) is 1. The van der Waals surface area contributed by atoms with Gasteiger partial charge in [0.1, 0.15) is 0 Å². The average molecular weight is 330 g/mol. The number of carbonyl (C=O) groups is 1. The number of benzene rings is 1. The SMILES string of the molecule is CCC1CCC(C)N1CC(=O)Nc1c(N)cc(Cl)cc1Cl. The van der Waals surface area contributed by atoms with E-state index in [4.69, 9.17) is 28.9 Å². The van der Waals surface area contributed by atoms with E-state index in [0.717, 1.165) is 19.3 Å². The Hall–Kier alpha value is -0.970. The normalized spacial score (nSPS) is 22.5. The molecule has 0 saturated carbocycles. The van der Waals surface area contributed by atoms with E-state index in [0.29, 0.717) is 40.0 Å². The van der Waals surface area contributed by atoms with Crippen LogP contribution in [0.5, 0.6) is 0 Å². The molecule has 1 amide bonds. The van der Waals surface area contributed by atoms with Gasteiger partial charge in [0.05, 0.1) is 22.9 Å². The number of hydrogen-bond acceptors (Lipinski definition) is 3. The van der Waals surface area contributed by atoms with Gasteiger partial charge in [-0.2, -0.15) is 0 Å². The zero-order valence-corrected chi connectivity index (χ0v) is 13.8. The maximum Gasteiger partial charge on any atom is 0.238 e. The fraction of sp³-hybridized carbons (Fsp3) is 0.533. The highest BCUT2D eigenvalue weighted by atomic mass is 35.5. The van der Waals surface area contributed by atoms with E-state index in [1.807, 2.05) is 0 Å². The Kier molecular flexibility index (Phi) is 5.36. The second-order valence-electron chi connectivity index (χ2n) is 5.56. The number of hydrogen-bond donors (Lipinski definition) is 2. The van der Waals surface area contributed by atoms with Crippen LogP contribution in [0, 0.1) is 0 Å². The first-order valence-electron chi connectivity index (χ1n) is 7.22. The predicted octanol–water partition coefficient (Wildman–Crippen LogP) is 3.78. The third-order valence-electron chi connectivity index (χ3n) is 4.10. The summed E-state index contributed by atoms with van der Waals surface area (Å²) in [5.41, 5.74) is 6.68. The Balaban J connectivity index is 2.05. The van der Waals surface area contributed by atoms with Crippen molar-refractivity contribution in [1.29, 1.82) is 0 Å². The van der Waals surface area contributed by atoms with Crippen molar-refractivity contribution >= 4 is 40.5 Å². The van der Waals surface area contributed by atoms with Gasteiger partial charge in [0.2, 0.25) is 5.91 Å². The van der Waals surface area contributed by atoms with Gasteiger partial charge in [-0.1, -0.05) is 30.1 Å². The number of halogens is 2. The number of nitrogen functional groups attached to an aromatic ring is 1. The molecule has 1 fully saturated rings. The van der Waals surface area contributed by atoms with Crippen molar-refractivity contribution in [2.75, 3.05) is 17.6 Å². The van der Waals surface area contributed by atoms with E-state index < -0.39 is 0 Å². The Labute approximate surface area is 135 Å². The topological polar surface area (TPSA) is 58.4 Å². The molecule has 0 bridgehead atoms.